The van der Waals surface area contributed by atoms with Gasteiger partial charge in [0.15, 0.2) is 11.5 Å². The van der Waals surface area contributed by atoms with Crippen LogP contribution in [0.1, 0.15) is 35.7 Å². The molecule has 6 heteroatoms. The van der Waals surface area contributed by atoms with E-state index in [9.17, 15) is 4.79 Å². The number of amides is 1. The van der Waals surface area contributed by atoms with E-state index in [-0.39, 0.29) is 5.91 Å². The van der Waals surface area contributed by atoms with Gasteiger partial charge >= 0.3 is 0 Å². The first kappa shape index (κ1) is 18.8. The Balaban J connectivity index is 1.46. The Morgan fingerprint density at radius 1 is 0.931 bits per heavy atom. The first-order valence-electron chi connectivity index (χ1n) is 9.62. The van der Waals surface area contributed by atoms with E-state index in [2.05, 4.69) is 29.5 Å². The van der Waals surface area contributed by atoms with Crippen LogP contribution in [0.4, 0.5) is 17.2 Å². The van der Waals surface area contributed by atoms with Crippen molar-refractivity contribution < 1.29 is 14.3 Å². The van der Waals surface area contributed by atoms with Gasteiger partial charge < -0.3 is 20.1 Å². The molecule has 29 heavy (non-hydrogen) atoms. The number of hydrogen-bond acceptors (Lipinski definition) is 5. The Kier molecular flexibility index (Phi) is 5.33. The highest BCUT2D eigenvalue weighted by Gasteiger charge is 2.13. The highest BCUT2D eigenvalue weighted by Crippen LogP contribution is 2.33. The lowest BCUT2D eigenvalue weighted by molar-refractivity contribution is 0.102. The molecule has 0 saturated carbocycles. The molecule has 0 saturated heterocycles. The molecule has 2 aromatic carbocycles. The number of hydrogen-bond donors (Lipinski definition) is 2. The second-order valence-corrected chi connectivity index (χ2v) is 7.14. The standard InChI is InChI=1S/C23H23N3O3/c1-15(2)16-3-5-18(6-4-16)26-23(27)17-9-10-24-22(13-17)25-19-7-8-20-21(14-19)29-12-11-28-20/h3-10,13-15H,11-12H2,1-2H3,(H,24,25)(H,26,27). The molecule has 0 atom stereocenters. The van der Waals surface area contributed by atoms with Gasteiger partial charge in [0.05, 0.1) is 0 Å². The SMILES string of the molecule is CC(C)c1ccc(NC(=O)c2ccnc(Nc3ccc4c(c3)OCCO4)c2)cc1. The second-order valence-electron chi connectivity index (χ2n) is 7.14. The Hall–Kier alpha value is -3.54. The van der Waals surface area contributed by atoms with Crippen molar-refractivity contribution in [3.8, 4) is 11.5 Å². The lowest BCUT2D eigenvalue weighted by Crippen LogP contribution is -2.15. The van der Waals surface area contributed by atoms with Gasteiger partial charge in [-0.2, -0.15) is 0 Å². The summed E-state index contributed by atoms with van der Waals surface area (Å²) in [4.78, 5) is 16.9. The third-order valence-electron chi connectivity index (χ3n) is 4.67. The van der Waals surface area contributed by atoms with Gasteiger partial charge in [0.2, 0.25) is 0 Å². The van der Waals surface area contributed by atoms with Crippen molar-refractivity contribution in [2.45, 2.75) is 19.8 Å². The molecule has 1 aliphatic heterocycles. The van der Waals surface area contributed by atoms with Crippen molar-refractivity contribution in [2.75, 3.05) is 23.8 Å². The molecule has 6 nitrogen and oxygen atoms in total. The summed E-state index contributed by atoms with van der Waals surface area (Å²) >= 11 is 0. The maximum atomic E-state index is 12.6. The molecule has 2 N–H and O–H groups in total. The number of aromatic nitrogens is 1. The van der Waals surface area contributed by atoms with Gasteiger partial charge in [0, 0.05) is 29.2 Å². The summed E-state index contributed by atoms with van der Waals surface area (Å²) in [5.74, 6) is 2.26. The van der Waals surface area contributed by atoms with Crippen LogP contribution in [0.2, 0.25) is 0 Å². The van der Waals surface area contributed by atoms with Crippen molar-refractivity contribution in [1.29, 1.82) is 0 Å². The van der Waals surface area contributed by atoms with E-state index in [4.69, 9.17) is 9.47 Å². The predicted molar refractivity (Wildman–Crippen MR) is 113 cm³/mol. The minimum Gasteiger partial charge on any atom is -0.486 e. The Morgan fingerprint density at radius 2 is 1.66 bits per heavy atom. The number of fused-ring (bicyclic) bond motifs is 1. The lowest BCUT2D eigenvalue weighted by atomic mass is 10.0. The van der Waals surface area contributed by atoms with Crippen LogP contribution in [-0.4, -0.2) is 24.1 Å². The fraction of sp³-hybridized carbons (Fsp3) is 0.217. The minimum absolute atomic E-state index is 0.185. The molecule has 1 amide bonds. The van der Waals surface area contributed by atoms with Crippen molar-refractivity contribution in [3.63, 3.8) is 0 Å². The van der Waals surface area contributed by atoms with E-state index in [1.54, 1.807) is 18.3 Å². The number of rotatable bonds is 5. The first-order chi connectivity index (χ1) is 14.1. The monoisotopic (exact) mass is 389 g/mol. The van der Waals surface area contributed by atoms with Crippen LogP contribution in [0.5, 0.6) is 11.5 Å². The molecule has 0 bridgehead atoms. The number of anilines is 3. The number of pyridine rings is 1. The van der Waals surface area contributed by atoms with E-state index >= 15 is 0 Å². The van der Waals surface area contributed by atoms with E-state index in [1.165, 1.54) is 5.56 Å². The zero-order valence-electron chi connectivity index (χ0n) is 16.4. The topological polar surface area (TPSA) is 72.5 Å². The van der Waals surface area contributed by atoms with Gasteiger partial charge in [-0.05, 0) is 47.9 Å². The van der Waals surface area contributed by atoms with Crippen LogP contribution < -0.4 is 20.1 Å². The van der Waals surface area contributed by atoms with Gasteiger partial charge in [-0.3, -0.25) is 4.79 Å². The van der Waals surface area contributed by atoms with E-state index in [0.29, 0.717) is 36.3 Å². The summed E-state index contributed by atoms with van der Waals surface area (Å²) in [6.07, 6.45) is 1.61. The van der Waals surface area contributed by atoms with Gasteiger partial charge in [-0.15, -0.1) is 0 Å². The van der Waals surface area contributed by atoms with E-state index < -0.39 is 0 Å². The van der Waals surface area contributed by atoms with Crippen molar-refractivity contribution in [3.05, 3.63) is 71.9 Å². The summed E-state index contributed by atoms with van der Waals surface area (Å²) < 4.78 is 11.1. The molecule has 1 aliphatic rings. The maximum Gasteiger partial charge on any atom is 0.255 e. The van der Waals surface area contributed by atoms with Crippen LogP contribution in [0.3, 0.4) is 0 Å². The summed E-state index contributed by atoms with van der Waals surface area (Å²) in [6, 6.07) is 16.9. The zero-order chi connectivity index (χ0) is 20.2. The average molecular weight is 389 g/mol. The molecule has 0 fully saturated rings. The van der Waals surface area contributed by atoms with Crippen molar-refractivity contribution >= 4 is 23.1 Å². The zero-order valence-corrected chi connectivity index (χ0v) is 16.4. The molecule has 0 unspecified atom stereocenters. The number of carbonyl (C=O) groups excluding carboxylic acids is 1. The summed E-state index contributed by atoms with van der Waals surface area (Å²) in [5, 5.41) is 6.13. The number of benzene rings is 2. The van der Waals surface area contributed by atoms with Crippen LogP contribution in [-0.2, 0) is 0 Å². The Morgan fingerprint density at radius 3 is 2.41 bits per heavy atom. The molecule has 0 spiro atoms. The van der Waals surface area contributed by atoms with Crippen molar-refractivity contribution in [2.24, 2.45) is 0 Å². The first-order valence-corrected chi connectivity index (χ1v) is 9.62. The third-order valence-corrected chi connectivity index (χ3v) is 4.67. The fourth-order valence-electron chi connectivity index (χ4n) is 3.06. The molecule has 0 aliphatic carbocycles. The summed E-state index contributed by atoms with van der Waals surface area (Å²) in [7, 11) is 0. The number of ether oxygens (including phenoxy) is 2. The Bertz CT molecular complexity index is 1020. The van der Waals surface area contributed by atoms with Crippen LogP contribution in [0.25, 0.3) is 0 Å². The maximum absolute atomic E-state index is 12.6. The molecular formula is C23H23N3O3. The fourth-order valence-corrected chi connectivity index (χ4v) is 3.06. The second kappa shape index (κ2) is 8.22. The van der Waals surface area contributed by atoms with Crippen LogP contribution in [0.15, 0.2) is 60.8 Å². The highest BCUT2D eigenvalue weighted by molar-refractivity contribution is 6.04. The van der Waals surface area contributed by atoms with Gasteiger partial charge in [-0.25, -0.2) is 4.98 Å². The van der Waals surface area contributed by atoms with Crippen molar-refractivity contribution in [1.82, 2.24) is 4.98 Å². The summed E-state index contributed by atoms with van der Waals surface area (Å²) in [6.45, 7) is 5.36. The molecule has 2 heterocycles. The number of nitrogens with zero attached hydrogens (tertiary/aromatic N) is 1. The number of carbonyl (C=O) groups is 1. The minimum atomic E-state index is -0.185. The quantitative estimate of drug-likeness (QED) is 0.644. The number of nitrogens with one attached hydrogen (secondary N) is 2. The van der Waals surface area contributed by atoms with Gasteiger partial charge in [0.25, 0.3) is 5.91 Å². The Labute approximate surface area is 169 Å². The molecule has 148 valence electrons. The average Bonchev–Trinajstić information content (AvgIpc) is 2.74. The smallest absolute Gasteiger partial charge is 0.255 e. The summed E-state index contributed by atoms with van der Waals surface area (Å²) in [5.41, 5.74) is 3.33. The molecule has 1 aromatic heterocycles. The largest absolute Gasteiger partial charge is 0.486 e. The molecule has 3 aromatic rings. The third kappa shape index (κ3) is 4.48. The molecule has 4 rings (SSSR count). The van der Waals surface area contributed by atoms with Crippen LogP contribution in [0, 0.1) is 0 Å². The van der Waals surface area contributed by atoms with E-state index in [0.717, 1.165) is 17.1 Å². The highest BCUT2D eigenvalue weighted by atomic mass is 16.6. The van der Waals surface area contributed by atoms with Crippen LogP contribution >= 0.6 is 0 Å². The van der Waals surface area contributed by atoms with Gasteiger partial charge in [0.1, 0.15) is 19.0 Å². The van der Waals surface area contributed by atoms with E-state index in [1.807, 2.05) is 42.5 Å². The predicted octanol–water partition coefficient (Wildman–Crippen LogP) is 4.97. The normalized spacial score (nSPS) is 12.5. The van der Waals surface area contributed by atoms with Gasteiger partial charge in [-0.1, -0.05) is 26.0 Å². The lowest BCUT2D eigenvalue weighted by Gasteiger charge is -2.19. The molecular weight excluding hydrogens is 366 g/mol. The molecule has 0 radical (unpaired) electrons.